The molecule has 0 bridgehead atoms. The van der Waals surface area contributed by atoms with Crippen LogP contribution in [0.5, 0.6) is 0 Å². The predicted octanol–water partition coefficient (Wildman–Crippen LogP) is 2.65. The Morgan fingerprint density at radius 1 is 1.44 bits per heavy atom. The lowest BCUT2D eigenvalue weighted by atomic mass is 10.0. The lowest BCUT2D eigenvalue weighted by molar-refractivity contribution is 0.636. The molecule has 1 heterocycles. The fourth-order valence-electron chi connectivity index (χ4n) is 2.04. The molecule has 0 spiro atoms. The van der Waals surface area contributed by atoms with Crippen molar-refractivity contribution in [3.63, 3.8) is 0 Å². The van der Waals surface area contributed by atoms with Gasteiger partial charge in [-0.3, -0.25) is 4.68 Å². The van der Waals surface area contributed by atoms with Crippen LogP contribution in [0, 0.1) is 13.8 Å². The van der Waals surface area contributed by atoms with Gasteiger partial charge in [0.2, 0.25) is 0 Å². The molecule has 1 aromatic rings. The number of hydrogen-bond acceptors (Lipinski definition) is 2. The van der Waals surface area contributed by atoms with E-state index in [1.165, 1.54) is 16.8 Å². The number of likely N-dealkylation sites (N-methyl/N-ethyl adjacent to an activating group) is 1. The van der Waals surface area contributed by atoms with E-state index in [1.54, 1.807) is 0 Å². The Balaban J connectivity index is 3.15. The third kappa shape index (κ3) is 2.73. The summed E-state index contributed by atoms with van der Waals surface area (Å²) in [6.07, 6.45) is 2.26. The second-order valence-electron chi connectivity index (χ2n) is 4.49. The van der Waals surface area contributed by atoms with Crippen LogP contribution in [0.3, 0.4) is 0 Å². The third-order valence-corrected chi connectivity index (χ3v) is 2.80. The molecular formula is C13H23N3. The van der Waals surface area contributed by atoms with Gasteiger partial charge in [0.1, 0.15) is 0 Å². The molecule has 0 fully saturated rings. The number of aryl methyl sites for hydroxylation is 2. The number of nitrogens with one attached hydrogen (secondary N) is 1. The molecule has 1 atom stereocenters. The maximum atomic E-state index is 4.47. The summed E-state index contributed by atoms with van der Waals surface area (Å²) >= 11 is 0. The number of aromatic nitrogens is 2. The summed E-state index contributed by atoms with van der Waals surface area (Å²) in [5.74, 6) is 0. The Hall–Kier alpha value is -1.09. The van der Waals surface area contributed by atoms with Gasteiger partial charge in [-0.2, -0.15) is 5.10 Å². The standard InChI is InChI=1S/C13H23N3/c1-7-14-12(8-9(2)3)13-10(4)15-16(6)11(13)5/h8,12,14H,7H2,1-6H3. The highest BCUT2D eigenvalue weighted by Crippen LogP contribution is 2.23. The zero-order valence-corrected chi connectivity index (χ0v) is 11.3. The SMILES string of the molecule is CCNC(C=C(C)C)c1c(C)nn(C)c1C. The largest absolute Gasteiger partial charge is 0.307 e. The molecular weight excluding hydrogens is 198 g/mol. The number of nitrogens with zero attached hydrogens (tertiary/aromatic N) is 2. The molecule has 0 saturated carbocycles. The van der Waals surface area contributed by atoms with E-state index in [0.29, 0.717) is 0 Å². The van der Waals surface area contributed by atoms with Crippen molar-refractivity contribution < 1.29 is 0 Å². The lowest BCUT2D eigenvalue weighted by Crippen LogP contribution is -2.20. The average molecular weight is 221 g/mol. The summed E-state index contributed by atoms with van der Waals surface area (Å²) in [6.45, 7) is 11.6. The number of rotatable bonds is 4. The predicted molar refractivity (Wildman–Crippen MR) is 68.5 cm³/mol. The van der Waals surface area contributed by atoms with Crippen LogP contribution in [0.25, 0.3) is 0 Å². The summed E-state index contributed by atoms with van der Waals surface area (Å²) in [7, 11) is 2.00. The van der Waals surface area contributed by atoms with Crippen molar-refractivity contribution in [3.05, 3.63) is 28.6 Å². The molecule has 90 valence electrons. The Morgan fingerprint density at radius 2 is 2.06 bits per heavy atom. The molecule has 0 aliphatic rings. The van der Waals surface area contributed by atoms with Gasteiger partial charge >= 0.3 is 0 Å². The van der Waals surface area contributed by atoms with Crippen molar-refractivity contribution in [2.75, 3.05) is 6.54 Å². The molecule has 0 aliphatic carbocycles. The van der Waals surface area contributed by atoms with Crippen LogP contribution in [-0.2, 0) is 7.05 Å². The van der Waals surface area contributed by atoms with E-state index in [-0.39, 0.29) is 6.04 Å². The minimum absolute atomic E-state index is 0.281. The maximum Gasteiger partial charge on any atom is 0.0647 e. The van der Waals surface area contributed by atoms with Gasteiger partial charge in [0.15, 0.2) is 0 Å². The first-order valence-electron chi connectivity index (χ1n) is 5.85. The first-order valence-corrected chi connectivity index (χ1v) is 5.85. The lowest BCUT2D eigenvalue weighted by Gasteiger charge is -2.15. The summed E-state index contributed by atoms with van der Waals surface area (Å²) < 4.78 is 1.95. The first-order chi connectivity index (χ1) is 7.47. The maximum absolute atomic E-state index is 4.47. The molecule has 0 aromatic carbocycles. The third-order valence-electron chi connectivity index (χ3n) is 2.80. The van der Waals surface area contributed by atoms with Gasteiger partial charge in [-0.05, 0) is 34.2 Å². The van der Waals surface area contributed by atoms with Crippen LogP contribution in [0.2, 0.25) is 0 Å². The zero-order chi connectivity index (χ0) is 12.3. The second-order valence-corrected chi connectivity index (χ2v) is 4.49. The quantitative estimate of drug-likeness (QED) is 0.792. The normalized spacial score (nSPS) is 12.6. The molecule has 0 amide bonds. The summed E-state index contributed by atoms with van der Waals surface area (Å²) in [4.78, 5) is 0. The van der Waals surface area contributed by atoms with Crippen LogP contribution in [0.1, 0.15) is 43.8 Å². The van der Waals surface area contributed by atoms with Gasteiger partial charge in [-0.1, -0.05) is 18.6 Å². The Morgan fingerprint density at radius 3 is 2.44 bits per heavy atom. The number of hydrogen-bond donors (Lipinski definition) is 1. The first kappa shape index (κ1) is 13.0. The minimum Gasteiger partial charge on any atom is -0.307 e. The summed E-state index contributed by atoms with van der Waals surface area (Å²) in [5, 5.41) is 7.96. The highest BCUT2D eigenvalue weighted by atomic mass is 15.3. The van der Waals surface area contributed by atoms with Crippen LogP contribution in [0.15, 0.2) is 11.6 Å². The number of allylic oxidation sites excluding steroid dienone is 1. The van der Waals surface area contributed by atoms with Crippen molar-refractivity contribution in [2.24, 2.45) is 7.05 Å². The monoisotopic (exact) mass is 221 g/mol. The van der Waals surface area contributed by atoms with Gasteiger partial charge in [0.25, 0.3) is 0 Å². The van der Waals surface area contributed by atoms with E-state index in [2.05, 4.69) is 51.1 Å². The minimum atomic E-state index is 0.281. The van der Waals surface area contributed by atoms with Gasteiger partial charge in [0, 0.05) is 18.3 Å². The smallest absolute Gasteiger partial charge is 0.0647 e. The fourth-order valence-corrected chi connectivity index (χ4v) is 2.04. The highest BCUT2D eigenvalue weighted by Gasteiger charge is 2.17. The Bertz CT molecular complexity index is 384. The molecule has 0 aliphatic heterocycles. The van der Waals surface area contributed by atoms with Crippen molar-refractivity contribution in [3.8, 4) is 0 Å². The summed E-state index contributed by atoms with van der Waals surface area (Å²) in [6, 6.07) is 0.281. The van der Waals surface area contributed by atoms with Crippen molar-refractivity contribution in [2.45, 2.75) is 40.7 Å². The van der Waals surface area contributed by atoms with Gasteiger partial charge in [-0.25, -0.2) is 0 Å². The molecule has 1 rings (SSSR count). The molecule has 0 saturated heterocycles. The van der Waals surface area contributed by atoms with E-state index in [4.69, 9.17) is 0 Å². The van der Waals surface area contributed by atoms with Crippen molar-refractivity contribution >= 4 is 0 Å². The van der Waals surface area contributed by atoms with E-state index in [1.807, 2.05) is 11.7 Å². The molecule has 1 N–H and O–H groups in total. The van der Waals surface area contributed by atoms with Crippen molar-refractivity contribution in [1.82, 2.24) is 15.1 Å². The van der Waals surface area contributed by atoms with Crippen LogP contribution < -0.4 is 5.32 Å². The second kappa shape index (κ2) is 5.30. The van der Waals surface area contributed by atoms with Gasteiger partial charge < -0.3 is 5.32 Å². The van der Waals surface area contributed by atoms with Crippen LogP contribution >= 0.6 is 0 Å². The zero-order valence-electron chi connectivity index (χ0n) is 11.3. The van der Waals surface area contributed by atoms with Crippen LogP contribution in [-0.4, -0.2) is 16.3 Å². The summed E-state index contributed by atoms with van der Waals surface area (Å²) in [5.41, 5.74) is 4.99. The molecule has 3 heteroatoms. The van der Waals surface area contributed by atoms with E-state index in [0.717, 1.165) is 12.2 Å². The topological polar surface area (TPSA) is 29.9 Å². The molecule has 1 unspecified atom stereocenters. The fraction of sp³-hybridized carbons (Fsp3) is 0.615. The van der Waals surface area contributed by atoms with Gasteiger partial charge in [0.05, 0.1) is 11.7 Å². The van der Waals surface area contributed by atoms with E-state index < -0.39 is 0 Å². The molecule has 0 radical (unpaired) electrons. The van der Waals surface area contributed by atoms with E-state index >= 15 is 0 Å². The Labute approximate surface area is 98.5 Å². The van der Waals surface area contributed by atoms with Crippen molar-refractivity contribution in [1.29, 1.82) is 0 Å². The average Bonchev–Trinajstić information content (AvgIpc) is 2.40. The molecule has 3 nitrogen and oxygen atoms in total. The Kier molecular flexibility index (Phi) is 4.30. The van der Waals surface area contributed by atoms with Gasteiger partial charge in [-0.15, -0.1) is 0 Å². The van der Waals surface area contributed by atoms with Crippen LogP contribution in [0.4, 0.5) is 0 Å². The van der Waals surface area contributed by atoms with E-state index in [9.17, 15) is 0 Å². The molecule has 1 aromatic heterocycles. The highest BCUT2D eigenvalue weighted by molar-refractivity contribution is 5.32. The molecule has 16 heavy (non-hydrogen) atoms.